The van der Waals surface area contributed by atoms with Gasteiger partial charge in [-0.05, 0) is 42.2 Å². The van der Waals surface area contributed by atoms with Crippen molar-refractivity contribution >= 4 is 29.9 Å². The third-order valence-corrected chi connectivity index (χ3v) is 6.51. The van der Waals surface area contributed by atoms with Gasteiger partial charge in [-0.3, -0.25) is 24.5 Å². The molecule has 1 atom stereocenters. The van der Waals surface area contributed by atoms with Crippen molar-refractivity contribution in [3.05, 3.63) is 70.8 Å². The molecule has 192 valence electrons. The molecular weight excluding hydrogens is 460 g/mol. The van der Waals surface area contributed by atoms with E-state index in [9.17, 15) is 14.4 Å². The predicted molar refractivity (Wildman–Crippen MR) is 137 cm³/mol. The molecule has 3 amide bonds. The largest absolute Gasteiger partial charge is 0.380 e. The molecule has 3 rings (SSSR count). The molecule has 1 saturated heterocycles. The summed E-state index contributed by atoms with van der Waals surface area (Å²) in [5.74, 6) is -2.27. The first kappa shape index (κ1) is 27.1. The summed E-state index contributed by atoms with van der Waals surface area (Å²) < 4.78 is 5.52. The van der Waals surface area contributed by atoms with Gasteiger partial charge in [-0.2, -0.15) is 0 Å². The molecule has 0 radical (unpaired) electrons. The number of amides is 3. The highest BCUT2D eigenvalue weighted by molar-refractivity contribution is 6.12. The van der Waals surface area contributed by atoms with Crippen LogP contribution in [0.2, 0.25) is 0 Å². The van der Waals surface area contributed by atoms with Crippen LogP contribution in [0.4, 0.5) is 0 Å². The molecule has 0 spiro atoms. The molecule has 9 heteroatoms. The van der Waals surface area contributed by atoms with Gasteiger partial charge in [-0.1, -0.05) is 48.6 Å². The van der Waals surface area contributed by atoms with Gasteiger partial charge < -0.3 is 15.0 Å². The predicted octanol–water partition coefficient (Wildman–Crippen LogP) is 2.16. The molecule has 1 aliphatic heterocycles. The highest BCUT2D eigenvalue weighted by Gasteiger charge is 2.47. The zero-order valence-corrected chi connectivity index (χ0v) is 21.0. The summed E-state index contributed by atoms with van der Waals surface area (Å²) >= 11 is 0. The molecule has 1 fully saturated rings. The molecule has 2 aromatic rings. The average Bonchev–Trinajstić information content (AvgIpc) is 3.19. The van der Waals surface area contributed by atoms with Gasteiger partial charge in [0.25, 0.3) is 17.7 Å². The second-order valence-corrected chi connectivity index (χ2v) is 8.90. The van der Waals surface area contributed by atoms with E-state index in [0.29, 0.717) is 5.56 Å². The lowest BCUT2D eigenvalue weighted by Gasteiger charge is -2.34. The van der Waals surface area contributed by atoms with Gasteiger partial charge in [0.2, 0.25) is 0 Å². The Morgan fingerprint density at radius 1 is 1.00 bits per heavy atom. The number of rotatable bonds is 8. The van der Waals surface area contributed by atoms with Crippen molar-refractivity contribution in [1.29, 1.82) is 0 Å². The Balaban J connectivity index is 1.64. The lowest BCUT2D eigenvalue weighted by Crippen LogP contribution is -2.64. The Hall–Kier alpha value is -3.53. The van der Waals surface area contributed by atoms with E-state index in [1.165, 1.54) is 32.1 Å². The standard InChI is InChI=1S/C27H34N4O5/c1-27(25(33)28-2,26(34)29-35)30(3)24(32)23-13-11-21(12-14-23)6-5-20-7-9-22(10-8-20)19-31-15-4-17-36-18-16-31/h5-14,35H,4,15-19H2,1-3H3,(H,28,33)(H,29,34)/t27-/m0/s1. The van der Waals surface area contributed by atoms with Gasteiger partial charge in [-0.25, -0.2) is 5.48 Å². The van der Waals surface area contributed by atoms with E-state index in [-0.39, 0.29) is 0 Å². The Kier molecular flexibility index (Phi) is 9.35. The maximum Gasteiger partial charge on any atom is 0.278 e. The third-order valence-electron chi connectivity index (χ3n) is 6.51. The highest BCUT2D eigenvalue weighted by atomic mass is 16.5. The van der Waals surface area contributed by atoms with Gasteiger partial charge in [0.1, 0.15) is 0 Å². The molecule has 9 nitrogen and oxygen atoms in total. The summed E-state index contributed by atoms with van der Waals surface area (Å²) in [6.07, 6.45) is 5.01. The molecule has 1 heterocycles. The average molecular weight is 495 g/mol. The van der Waals surface area contributed by atoms with Crippen LogP contribution < -0.4 is 10.8 Å². The number of nitrogens with zero attached hydrogens (tertiary/aromatic N) is 2. The van der Waals surface area contributed by atoms with Crippen molar-refractivity contribution < 1.29 is 24.3 Å². The lowest BCUT2D eigenvalue weighted by atomic mass is 9.96. The smallest absolute Gasteiger partial charge is 0.278 e. The minimum atomic E-state index is -1.92. The molecule has 0 aliphatic carbocycles. The van der Waals surface area contributed by atoms with E-state index in [2.05, 4.69) is 34.5 Å². The van der Waals surface area contributed by atoms with E-state index >= 15 is 0 Å². The van der Waals surface area contributed by atoms with Crippen LogP contribution in [0.3, 0.4) is 0 Å². The van der Waals surface area contributed by atoms with Crippen LogP contribution in [0.5, 0.6) is 0 Å². The van der Waals surface area contributed by atoms with E-state index in [4.69, 9.17) is 9.94 Å². The van der Waals surface area contributed by atoms with Crippen molar-refractivity contribution in [3.8, 4) is 0 Å². The van der Waals surface area contributed by atoms with Crippen LogP contribution in [0, 0.1) is 0 Å². The van der Waals surface area contributed by atoms with Crippen molar-refractivity contribution in [2.45, 2.75) is 25.4 Å². The maximum atomic E-state index is 13.0. The molecule has 1 aliphatic rings. The molecule has 36 heavy (non-hydrogen) atoms. The van der Waals surface area contributed by atoms with Crippen molar-refractivity contribution in [2.75, 3.05) is 40.4 Å². The Morgan fingerprint density at radius 2 is 1.61 bits per heavy atom. The summed E-state index contributed by atoms with van der Waals surface area (Å²) in [5, 5.41) is 11.4. The van der Waals surface area contributed by atoms with Gasteiger partial charge >= 0.3 is 0 Å². The van der Waals surface area contributed by atoms with Gasteiger partial charge in [-0.15, -0.1) is 0 Å². The Bertz CT molecular complexity index is 1060. The zero-order chi connectivity index (χ0) is 26.1. The topological polar surface area (TPSA) is 111 Å². The molecule has 3 N–H and O–H groups in total. The SMILES string of the molecule is CNC(=O)[C@@](C)(C(=O)NO)N(C)C(=O)c1ccc(C=Cc2ccc(CN3CCCOCC3)cc2)cc1. The second kappa shape index (κ2) is 12.4. The van der Waals surface area contributed by atoms with E-state index in [1.54, 1.807) is 24.3 Å². The Morgan fingerprint density at radius 3 is 2.19 bits per heavy atom. The van der Waals surface area contributed by atoms with E-state index in [1.807, 2.05) is 12.2 Å². The first-order valence-corrected chi connectivity index (χ1v) is 11.9. The van der Waals surface area contributed by atoms with Crippen molar-refractivity contribution in [3.63, 3.8) is 0 Å². The first-order valence-electron chi connectivity index (χ1n) is 11.9. The molecule has 2 aromatic carbocycles. The second-order valence-electron chi connectivity index (χ2n) is 8.90. The quantitative estimate of drug-likeness (QED) is 0.225. The monoisotopic (exact) mass is 494 g/mol. The fourth-order valence-electron chi connectivity index (χ4n) is 4.03. The number of benzene rings is 2. The normalized spacial score (nSPS) is 16.1. The van der Waals surface area contributed by atoms with E-state index in [0.717, 1.165) is 55.3 Å². The number of ether oxygens (including phenoxy) is 1. The van der Waals surface area contributed by atoms with Gasteiger partial charge in [0.15, 0.2) is 5.54 Å². The molecule has 0 bridgehead atoms. The lowest BCUT2D eigenvalue weighted by molar-refractivity contribution is -0.148. The summed E-state index contributed by atoms with van der Waals surface area (Å²) in [4.78, 5) is 40.9. The van der Waals surface area contributed by atoms with Crippen molar-refractivity contribution in [1.82, 2.24) is 20.6 Å². The summed E-state index contributed by atoms with van der Waals surface area (Å²) in [7, 11) is 2.69. The minimum absolute atomic E-state index is 0.304. The fourth-order valence-corrected chi connectivity index (χ4v) is 4.03. The van der Waals surface area contributed by atoms with Crippen LogP contribution >= 0.6 is 0 Å². The zero-order valence-electron chi connectivity index (χ0n) is 21.0. The van der Waals surface area contributed by atoms with Crippen molar-refractivity contribution in [2.24, 2.45) is 0 Å². The summed E-state index contributed by atoms with van der Waals surface area (Å²) in [5.41, 5.74) is 3.07. The Labute approximate surface area is 211 Å². The maximum absolute atomic E-state index is 13.0. The minimum Gasteiger partial charge on any atom is -0.380 e. The van der Waals surface area contributed by atoms with Crippen LogP contribution in [-0.4, -0.2) is 78.7 Å². The molecule has 0 aromatic heterocycles. The fraction of sp³-hybridized carbons (Fsp3) is 0.370. The van der Waals surface area contributed by atoms with Crippen LogP contribution in [0.1, 0.15) is 40.4 Å². The number of hydrogen-bond donors (Lipinski definition) is 3. The number of carbonyl (C=O) groups is 3. The molecular formula is C27H34N4O5. The number of hydroxylamine groups is 1. The molecule has 0 saturated carbocycles. The van der Waals surface area contributed by atoms with Gasteiger partial charge in [0.05, 0.1) is 6.61 Å². The van der Waals surface area contributed by atoms with Crippen LogP contribution in [0.15, 0.2) is 48.5 Å². The number of carbonyl (C=O) groups excluding carboxylic acids is 3. The first-order chi connectivity index (χ1) is 17.3. The van der Waals surface area contributed by atoms with Crippen LogP contribution in [0.25, 0.3) is 12.2 Å². The third kappa shape index (κ3) is 6.37. The number of likely N-dealkylation sites (N-methyl/N-ethyl adjacent to an activating group) is 2. The van der Waals surface area contributed by atoms with E-state index < -0.39 is 23.3 Å². The number of hydrogen-bond acceptors (Lipinski definition) is 6. The van der Waals surface area contributed by atoms with Crippen LogP contribution in [-0.2, 0) is 20.9 Å². The number of nitrogens with one attached hydrogen (secondary N) is 2. The highest BCUT2D eigenvalue weighted by Crippen LogP contribution is 2.19. The summed E-state index contributed by atoms with van der Waals surface area (Å²) in [6, 6.07) is 15.3. The molecule has 0 unspecified atom stereocenters. The van der Waals surface area contributed by atoms with Gasteiger partial charge in [0, 0.05) is 45.9 Å². The summed E-state index contributed by atoms with van der Waals surface area (Å²) in [6.45, 7) is 5.80.